The van der Waals surface area contributed by atoms with Gasteiger partial charge in [0.25, 0.3) is 0 Å². The van der Waals surface area contributed by atoms with Crippen molar-refractivity contribution in [1.29, 1.82) is 0 Å². The van der Waals surface area contributed by atoms with Crippen molar-refractivity contribution < 1.29 is 9.53 Å². The number of benzene rings is 1. The van der Waals surface area contributed by atoms with Crippen molar-refractivity contribution in [2.75, 3.05) is 18.4 Å². The van der Waals surface area contributed by atoms with Crippen LogP contribution in [0, 0.1) is 0 Å². The minimum absolute atomic E-state index is 0.395. The monoisotopic (exact) mass is 380 g/mol. The van der Waals surface area contributed by atoms with E-state index in [1.54, 1.807) is 0 Å². The van der Waals surface area contributed by atoms with Crippen molar-refractivity contribution >= 4 is 38.7 Å². The van der Waals surface area contributed by atoms with E-state index in [0.29, 0.717) is 13.1 Å². The van der Waals surface area contributed by atoms with E-state index < -0.39 is 11.7 Å². The molecule has 7 heteroatoms. The van der Waals surface area contributed by atoms with Gasteiger partial charge >= 0.3 is 6.09 Å². The molecule has 0 fully saturated rings. The van der Waals surface area contributed by atoms with Gasteiger partial charge in [-0.2, -0.15) is 0 Å². The lowest BCUT2D eigenvalue weighted by Crippen LogP contribution is -2.33. The molecule has 1 aromatic heterocycles. The Morgan fingerprint density at radius 2 is 2.04 bits per heavy atom. The molecule has 0 atom stereocenters. The van der Waals surface area contributed by atoms with E-state index >= 15 is 0 Å². The van der Waals surface area contributed by atoms with Gasteiger partial charge < -0.3 is 15.4 Å². The number of hydrogen-bond acceptors (Lipinski definition) is 5. The fourth-order valence-corrected chi connectivity index (χ4v) is 2.33. The van der Waals surface area contributed by atoms with Crippen LogP contribution in [0.4, 0.5) is 10.6 Å². The Morgan fingerprint density at radius 1 is 1.26 bits per heavy atom. The maximum atomic E-state index is 11.5. The lowest BCUT2D eigenvalue weighted by molar-refractivity contribution is 0.0528. The summed E-state index contributed by atoms with van der Waals surface area (Å²) >= 11 is 3.45. The molecule has 0 saturated heterocycles. The van der Waals surface area contributed by atoms with Gasteiger partial charge in [0, 0.05) is 22.9 Å². The second kappa shape index (κ2) is 7.59. The molecule has 0 spiro atoms. The Hall–Kier alpha value is -1.89. The van der Waals surface area contributed by atoms with Crippen LogP contribution in [0.25, 0.3) is 10.9 Å². The number of alkyl carbamates (subject to hydrolysis) is 1. The number of carbonyl (C=O) groups is 1. The van der Waals surface area contributed by atoms with Crippen molar-refractivity contribution in [3.8, 4) is 0 Å². The summed E-state index contributed by atoms with van der Waals surface area (Å²) in [5.41, 5.74) is 0.410. The Bertz CT molecular complexity index is 685. The van der Waals surface area contributed by atoms with Crippen LogP contribution < -0.4 is 10.6 Å². The Morgan fingerprint density at radius 3 is 2.78 bits per heavy atom. The molecule has 0 radical (unpaired) electrons. The van der Waals surface area contributed by atoms with Gasteiger partial charge in [0.05, 0.1) is 5.52 Å². The van der Waals surface area contributed by atoms with Crippen LogP contribution >= 0.6 is 15.9 Å². The fourth-order valence-electron chi connectivity index (χ4n) is 1.97. The lowest BCUT2D eigenvalue weighted by Gasteiger charge is -2.19. The summed E-state index contributed by atoms with van der Waals surface area (Å²) in [6.45, 7) is 6.74. The molecule has 1 aromatic carbocycles. The third kappa shape index (κ3) is 5.67. The normalized spacial score (nSPS) is 11.3. The van der Waals surface area contributed by atoms with Crippen molar-refractivity contribution in [3.05, 3.63) is 29.0 Å². The smallest absolute Gasteiger partial charge is 0.407 e. The second-order valence-electron chi connectivity index (χ2n) is 6.09. The largest absolute Gasteiger partial charge is 0.444 e. The van der Waals surface area contributed by atoms with Crippen LogP contribution in [0.1, 0.15) is 27.2 Å². The number of aromatic nitrogens is 2. The van der Waals surface area contributed by atoms with Gasteiger partial charge in [-0.15, -0.1) is 0 Å². The topological polar surface area (TPSA) is 76.1 Å². The number of nitrogens with zero attached hydrogens (tertiary/aromatic N) is 2. The molecule has 0 bridgehead atoms. The standard InChI is InChI=1S/C16H21BrN4O2/c1-16(2,3)23-15(22)19-8-4-7-18-14-12-9-11(17)5-6-13(12)20-10-21-14/h5-6,9-10H,4,7-8H2,1-3H3,(H,19,22)(H,18,20,21). The Kier molecular flexibility index (Phi) is 5.76. The molecule has 0 aliphatic rings. The highest BCUT2D eigenvalue weighted by Gasteiger charge is 2.15. The molecular formula is C16H21BrN4O2. The molecule has 124 valence electrons. The quantitative estimate of drug-likeness (QED) is 0.772. The van der Waals surface area contributed by atoms with Gasteiger partial charge in [-0.05, 0) is 45.4 Å². The number of rotatable bonds is 5. The third-order valence-electron chi connectivity index (χ3n) is 2.91. The zero-order valence-electron chi connectivity index (χ0n) is 13.5. The van der Waals surface area contributed by atoms with Gasteiger partial charge in [0.15, 0.2) is 0 Å². The maximum absolute atomic E-state index is 11.5. The molecule has 0 aliphatic heterocycles. The molecule has 0 saturated carbocycles. The highest BCUT2D eigenvalue weighted by Crippen LogP contribution is 2.23. The number of hydrogen-bond donors (Lipinski definition) is 2. The molecule has 2 rings (SSSR count). The first-order valence-electron chi connectivity index (χ1n) is 7.46. The van der Waals surface area contributed by atoms with Crippen LogP contribution in [-0.2, 0) is 4.74 Å². The summed E-state index contributed by atoms with van der Waals surface area (Å²) in [6.07, 6.45) is 1.91. The molecule has 1 amide bonds. The fraction of sp³-hybridized carbons (Fsp3) is 0.438. The summed E-state index contributed by atoms with van der Waals surface area (Å²) in [5, 5.41) is 6.96. The molecule has 0 unspecified atom stereocenters. The number of fused-ring (bicyclic) bond motifs is 1. The van der Waals surface area contributed by atoms with E-state index in [2.05, 4.69) is 36.5 Å². The lowest BCUT2D eigenvalue weighted by atomic mass is 10.2. The average Bonchev–Trinajstić information content (AvgIpc) is 2.45. The number of nitrogens with one attached hydrogen (secondary N) is 2. The van der Waals surface area contributed by atoms with Crippen LogP contribution in [0.3, 0.4) is 0 Å². The van der Waals surface area contributed by atoms with Gasteiger partial charge in [-0.25, -0.2) is 14.8 Å². The van der Waals surface area contributed by atoms with Crippen LogP contribution in [0.2, 0.25) is 0 Å². The van der Waals surface area contributed by atoms with E-state index in [1.807, 2.05) is 39.0 Å². The number of amides is 1. The summed E-state index contributed by atoms with van der Waals surface area (Å²) in [4.78, 5) is 20.0. The molecule has 6 nitrogen and oxygen atoms in total. The molecule has 0 aliphatic carbocycles. The van der Waals surface area contributed by atoms with E-state index in [1.165, 1.54) is 6.33 Å². The summed E-state index contributed by atoms with van der Waals surface area (Å²) in [7, 11) is 0. The minimum Gasteiger partial charge on any atom is -0.444 e. The van der Waals surface area contributed by atoms with Crippen LogP contribution in [0.5, 0.6) is 0 Å². The molecule has 2 aromatic rings. The zero-order valence-corrected chi connectivity index (χ0v) is 15.1. The van der Waals surface area contributed by atoms with Gasteiger partial charge in [-0.1, -0.05) is 15.9 Å². The number of carbonyl (C=O) groups excluding carboxylic acids is 1. The van der Waals surface area contributed by atoms with E-state index in [-0.39, 0.29) is 0 Å². The number of ether oxygens (including phenoxy) is 1. The van der Waals surface area contributed by atoms with Gasteiger partial charge in [0.2, 0.25) is 0 Å². The third-order valence-corrected chi connectivity index (χ3v) is 3.40. The Labute approximate surface area is 144 Å². The summed E-state index contributed by atoms with van der Waals surface area (Å²) in [5.74, 6) is 0.786. The average molecular weight is 381 g/mol. The van der Waals surface area contributed by atoms with E-state index in [9.17, 15) is 4.79 Å². The first kappa shape index (κ1) is 17.5. The van der Waals surface area contributed by atoms with Crippen molar-refractivity contribution in [3.63, 3.8) is 0 Å². The molecule has 23 heavy (non-hydrogen) atoms. The minimum atomic E-state index is -0.477. The van der Waals surface area contributed by atoms with Crippen molar-refractivity contribution in [2.45, 2.75) is 32.8 Å². The van der Waals surface area contributed by atoms with Gasteiger partial charge in [0.1, 0.15) is 17.7 Å². The number of halogens is 1. The van der Waals surface area contributed by atoms with Crippen LogP contribution in [0.15, 0.2) is 29.0 Å². The summed E-state index contributed by atoms with van der Waals surface area (Å²) in [6, 6.07) is 5.87. The SMILES string of the molecule is CC(C)(C)OC(=O)NCCCNc1ncnc2ccc(Br)cc12. The predicted molar refractivity (Wildman–Crippen MR) is 94.6 cm³/mol. The van der Waals surface area contributed by atoms with Crippen molar-refractivity contribution in [1.82, 2.24) is 15.3 Å². The first-order valence-corrected chi connectivity index (χ1v) is 8.25. The van der Waals surface area contributed by atoms with Gasteiger partial charge in [-0.3, -0.25) is 0 Å². The molecule has 1 heterocycles. The van der Waals surface area contributed by atoms with E-state index in [4.69, 9.17) is 4.74 Å². The maximum Gasteiger partial charge on any atom is 0.407 e. The van der Waals surface area contributed by atoms with Crippen molar-refractivity contribution in [2.24, 2.45) is 0 Å². The summed E-state index contributed by atoms with van der Waals surface area (Å²) < 4.78 is 6.16. The highest BCUT2D eigenvalue weighted by atomic mass is 79.9. The molecule has 2 N–H and O–H groups in total. The predicted octanol–water partition coefficient (Wildman–Crippen LogP) is 3.72. The molecular weight excluding hydrogens is 360 g/mol. The zero-order chi connectivity index (χ0) is 16.9. The Balaban J connectivity index is 1.81. The number of anilines is 1. The second-order valence-corrected chi connectivity index (χ2v) is 7.01. The van der Waals surface area contributed by atoms with Crippen LogP contribution in [-0.4, -0.2) is 34.8 Å². The van der Waals surface area contributed by atoms with E-state index in [0.717, 1.165) is 27.6 Å². The first-order chi connectivity index (χ1) is 10.8. The highest BCUT2D eigenvalue weighted by molar-refractivity contribution is 9.10.